The molecule has 1 amide bonds. The maximum Gasteiger partial charge on any atom is 0.255 e. The highest BCUT2D eigenvalue weighted by Gasteiger charge is 2.22. The third-order valence-electron chi connectivity index (χ3n) is 5.12. The minimum Gasteiger partial charge on any atom is -0.337 e. The van der Waals surface area contributed by atoms with Crippen LogP contribution in [0.15, 0.2) is 76.9 Å². The topological polar surface area (TPSA) is 72.3 Å². The standard InChI is InChI=1S/C24H19N3O3/c1-15-11-18-13-22-19(14-29-30-22)12-21(18)23(27-26-15)16-7-9-20(10-8-16)25-24(28)17-5-3-2-4-6-17/h2-10,12-13H,11,14H2,1H3,(H,25,28). The molecular formula is C24H19N3O3. The highest BCUT2D eigenvalue weighted by molar-refractivity contribution is 6.15. The number of nitrogens with one attached hydrogen (secondary N) is 1. The Morgan fingerprint density at radius 2 is 1.77 bits per heavy atom. The maximum atomic E-state index is 12.4. The van der Waals surface area contributed by atoms with Gasteiger partial charge in [-0.1, -0.05) is 30.3 Å². The van der Waals surface area contributed by atoms with Gasteiger partial charge in [-0.25, -0.2) is 0 Å². The van der Waals surface area contributed by atoms with Crippen molar-refractivity contribution in [3.63, 3.8) is 0 Å². The van der Waals surface area contributed by atoms with E-state index in [1.54, 1.807) is 12.1 Å². The summed E-state index contributed by atoms with van der Waals surface area (Å²) in [4.78, 5) is 22.7. The maximum absolute atomic E-state index is 12.4. The third-order valence-corrected chi connectivity index (χ3v) is 5.12. The summed E-state index contributed by atoms with van der Waals surface area (Å²) in [6.07, 6.45) is 0.699. The number of fused-ring (bicyclic) bond motifs is 2. The Labute approximate surface area is 173 Å². The summed E-state index contributed by atoms with van der Waals surface area (Å²) in [6.45, 7) is 2.38. The van der Waals surface area contributed by atoms with Gasteiger partial charge < -0.3 is 10.2 Å². The summed E-state index contributed by atoms with van der Waals surface area (Å²) in [6, 6.07) is 20.8. The summed E-state index contributed by atoms with van der Waals surface area (Å²) in [5, 5.41) is 11.8. The summed E-state index contributed by atoms with van der Waals surface area (Å²) in [7, 11) is 0. The molecule has 2 aliphatic rings. The van der Waals surface area contributed by atoms with E-state index in [0.29, 0.717) is 18.6 Å². The number of carbonyl (C=O) groups excluding carboxylic acids is 1. The largest absolute Gasteiger partial charge is 0.337 e. The molecule has 0 aliphatic carbocycles. The molecule has 2 heterocycles. The van der Waals surface area contributed by atoms with Crippen LogP contribution in [0.2, 0.25) is 0 Å². The molecule has 1 N–H and O–H groups in total. The number of anilines is 1. The molecule has 3 aromatic rings. The number of hydrogen-bond acceptors (Lipinski definition) is 5. The number of nitrogens with zero attached hydrogens (tertiary/aromatic N) is 2. The number of hydrogen-bond donors (Lipinski definition) is 1. The lowest BCUT2D eigenvalue weighted by atomic mass is 9.93. The predicted octanol–water partition coefficient (Wildman–Crippen LogP) is 4.53. The van der Waals surface area contributed by atoms with Crippen LogP contribution in [0.3, 0.4) is 0 Å². The smallest absolute Gasteiger partial charge is 0.255 e. The van der Waals surface area contributed by atoms with Crippen LogP contribution in [0.4, 0.5) is 5.69 Å². The van der Waals surface area contributed by atoms with Crippen molar-refractivity contribution < 1.29 is 14.6 Å². The van der Waals surface area contributed by atoms with Crippen LogP contribution in [0.5, 0.6) is 5.75 Å². The van der Waals surface area contributed by atoms with Crippen molar-refractivity contribution in [3.8, 4) is 5.75 Å². The second-order valence-corrected chi connectivity index (χ2v) is 7.32. The highest BCUT2D eigenvalue weighted by Crippen LogP contribution is 2.32. The van der Waals surface area contributed by atoms with Crippen molar-refractivity contribution in [3.05, 3.63) is 94.5 Å². The molecule has 148 valence electrons. The average molecular weight is 397 g/mol. The van der Waals surface area contributed by atoms with Crippen LogP contribution in [-0.4, -0.2) is 17.3 Å². The van der Waals surface area contributed by atoms with Crippen molar-refractivity contribution in [2.45, 2.75) is 20.0 Å². The van der Waals surface area contributed by atoms with E-state index in [-0.39, 0.29) is 5.91 Å². The number of carbonyl (C=O) groups is 1. The number of benzene rings is 3. The fourth-order valence-electron chi connectivity index (χ4n) is 3.60. The predicted molar refractivity (Wildman–Crippen MR) is 115 cm³/mol. The van der Waals surface area contributed by atoms with Gasteiger partial charge in [0.1, 0.15) is 12.3 Å². The van der Waals surface area contributed by atoms with Gasteiger partial charge in [0.05, 0.1) is 0 Å². The van der Waals surface area contributed by atoms with Gasteiger partial charge in [0, 0.05) is 40.1 Å². The van der Waals surface area contributed by atoms with E-state index >= 15 is 0 Å². The normalized spacial score (nSPS) is 14.6. The van der Waals surface area contributed by atoms with Gasteiger partial charge in [0.15, 0.2) is 5.75 Å². The number of rotatable bonds is 3. The Morgan fingerprint density at radius 1 is 0.967 bits per heavy atom. The van der Waals surface area contributed by atoms with Crippen LogP contribution >= 0.6 is 0 Å². The van der Waals surface area contributed by atoms with Crippen LogP contribution in [0.1, 0.15) is 39.5 Å². The molecule has 0 spiro atoms. The zero-order chi connectivity index (χ0) is 20.5. The fraction of sp³-hybridized carbons (Fsp3) is 0.125. The molecule has 2 aliphatic heterocycles. The molecular weight excluding hydrogens is 378 g/mol. The van der Waals surface area contributed by atoms with E-state index in [9.17, 15) is 4.79 Å². The Morgan fingerprint density at radius 3 is 2.57 bits per heavy atom. The lowest BCUT2D eigenvalue weighted by Crippen LogP contribution is -2.12. The van der Waals surface area contributed by atoms with E-state index in [2.05, 4.69) is 21.6 Å². The second-order valence-electron chi connectivity index (χ2n) is 7.32. The van der Waals surface area contributed by atoms with E-state index in [4.69, 9.17) is 9.78 Å². The van der Waals surface area contributed by atoms with Gasteiger partial charge in [-0.15, -0.1) is 5.10 Å². The second kappa shape index (κ2) is 7.57. The van der Waals surface area contributed by atoms with Crippen LogP contribution in [-0.2, 0) is 17.9 Å². The first-order chi connectivity index (χ1) is 14.7. The average Bonchev–Trinajstić information content (AvgIpc) is 3.16. The molecule has 5 rings (SSSR count). The zero-order valence-corrected chi connectivity index (χ0v) is 16.4. The molecule has 0 unspecified atom stereocenters. The molecule has 0 saturated carbocycles. The Balaban J connectivity index is 1.45. The molecule has 3 aromatic carbocycles. The minimum absolute atomic E-state index is 0.142. The van der Waals surface area contributed by atoms with Crippen molar-refractivity contribution in [1.29, 1.82) is 0 Å². The zero-order valence-electron chi connectivity index (χ0n) is 16.4. The van der Waals surface area contributed by atoms with Crippen LogP contribution in [0, 0.1) is 0 Å². The van der Waals surface area contributed by atoms with Crippen molar-refractivity contribution in [1.82, 2.24) is 0 Å². The summed E-state index contributed by atoms with van der Waals surface area (Å²) in [5.41, 5.74) is 7.08. The quantitative estimate of drug-likeness (QED) is 0.660. The lowest BCUT2D eigenvalue weighted by Gasteiger charge is -2.12. The van der Waals surface area contributed by atoms with E-state index in [0.717, 1.165) is 45.1 Å². The van der Waals surface area contributed by atoms with E-state index in [1.165, 1.54) is 0 Å². The molecule has 0 atom stereocenters. The summed E-state index contributed by atoms with van der Waals surface area (Å²) in [5.74, 6) is 0.609. The molecule has 6 heteroatoms. The lowest BCUT2D eigenvalue weighted by molar-refractivity contribution is -0.194. The van der Waals surface area contributed by atoms with E-state index < -0.39 is 0 Å². The molecule has 6 nitrogen and oxygen atoms in total. The van der Waals surface area contributed by atoms with Gasteiger partial charge in [0.2, 0.25) is 0 Å². The van der Waals surface area contributed by atoms with E-state index in [1.807, 2.05) is 55.5 Å². The highest BCUT2D eigenvalue weighted by atomic mass is 17.2. The summed E-state index contributed by atoms with van der Waals surface area (Å²) < 4.78 is 0. The summed E-state index contributed by atoms with van der Waals surface area (Å²) >= 11 is 0. The third kappa shape index (κ3) is 3.49. The molecule has 30 heavy (non-hydrogen) atoms. The number of amides is 1. The molecule has 0 saturated heterocycles. The van der Waals surface area contributed by atoms with Crippen molar-refractivity contribution in [2.75, 3.05) is 5.32 Å². The van der Waals surface area contributed by atoms with Crippen molar-refractivity contribution >= 4 is 23.0 Å². The van der Waals surface area contributed by atoms with Crippen molar-refractivity contribution in [2.24, 2.45) is 10.2 Å². The monoisotopic (exact) mass is 397 g/mol. The Kier molecular flexibility index (Phi) is 4.61. The van der Waals surface area contributed by atoms with Gasteiger partial charge in [-0.3, -0.25) is 4.79 Å². The van der Waals surface area contributed by atoms with Crippen LogP contribution < -0.4 is 10.2 Å². The van der Waals surface area contributed by atoms with Gasteiger partial charge >= 0.3 is 0 Å². The molecule has 0 aromatic heterocycles. The SMILES string of the molecule is CC1=NN=C(c2ccc(NC(=O)c3ccccc3)cc2)c2cc3c(cc2C1)OOC3. The van der Waals surface area contributed by atoms with Gasteiger partial charge in [-0.2, -0.15) is 9.99 Å². The van der Waals surface area contributed by atoms with Gasteiger partial charge in [0.25, 0.3) is 5.91 Å². The fourth-order valence-corrected chi connectivity index (χ4v) is 3.60. The first kappa shape index (κ1) is 18.3. The molecule has 0 fully saturated rings. The minimum atomic E-state index is -0.142. The first-order valence-corrected chi connectivity index (χ1v) is 9.71. The van der Waals surface area contributed by atoms with Crippen LogP contribution in [0.25, 0.3) is 0 Å². The van der Waals surface area contributed by atoms with Gasteiger partial charge in [-0.05, 0) is 48.9 Å². The Hall–Kier alpha value is -3.77. The first-order valence-electron chi connectivity index (χ1n) is 9.71. The molecule has 0 bridgehead atoms. The molecule has 0 radical (unpaired) electrons. The Bertz CT molecular complexity index is 1180.